The Bertz CT molecular complexity index is 1050. The maximum Gasteiger partial charge on any atom is 0.250 e. The van der Waals surface area contributed by atoms with Crippen molar-refractivity contribution in [1.82, 2.24) is 10.4 Å². The molecule has 2 aromatic heterocycles. The summed E-state index contributed by atoms with van der Waals surface area (Å²) in [4.78, 5) is 16.5. The molecule has 2 heterocycles. The molecular formula is C19H15N3O2S2. The lowest BCUT2D eigenvalue weighted by Gasteiger charge is -1.99. The molecule has 26 heavy (non-hydrogen) atoms. The fraction of sp³-hybridized carbons (Fsp3) is 0.105. The molecule has 0 unspecified atom stereocenters. The van der Waals surface area contributed by atoms with Crippen LogP contribution in [0.4, 0.5) is 0 Å². The minimum absolute atomic E-state index is 0.176. The minimum Gasteiger partial charge on any atom is -0.455 e. The van der Waals surface area contributed by atoms with Crippen molar-refractivity contribution >= 4 is 55.9 Å². The van der Waals surface area contributed by atoms with Crippen LogP contribution in [-0.2, 0) is 4.79 Å². The van der Waals surface area contributed by atoms with Gasteiger partial charge < -0.3 is 4.42 Å². The van der Waals surface area contributed by atoms with Gasteiger partial charge in [-0.1, -0.05) is 42.1 Å². The smallest absolute Gasteiger partial charge is 0.250 e. The maximum atomic E-state index is 12.0. The number of fused-ring (bicyclic) bond motifs is 2. The summed E-state index contributed by atoms with van der Waals surface area (Å²) in [5, 5.41) is 5.15. The highest BCUT2D eigenvalue weighted by atomic mass is 32.2. The molecule has 0 radical (unpaired) electrons. The van der Waals surface area contributed by atoms with Gasteiger partial charge in [0, 0.05) is 5.39 Å². The molecule has 130 valence electrons. The van der Waals surface area contributed by atoms with Crippen molar-refractivity contribution in [3.05, 3.63) is 60.4 Å². The van der Waals surface area contributed by atoms with Crippen LogP contribution in [0.15, 0.2) is 68.5 Å². The van der Waals surface area contributed by atoms with Gasteiger partial charge in [-0.05, 0) is 31.2 Å². The minimum atomic E-state index is -0.176. The van der Waals surface area contributed by atoms with Gasteiger partial charge in [-0.3, -0.25) is 4.79 Å². The van der Waals surface area contributed by atoms with Gasteiger partial charge in [-0.25, -0.2) is 10.4 Å². The van der Waals surface area contributed by atoms with E-state index in [4.69, 9.17) is 4.42 Å². The number of hydrogen-bond acceptors (Lipinski definition) is 6. The summed E-state index contributed by atoms with van der Waals surface area (Å²) in [6.45, 7) is 1.80. The molecule has 0 spiro atoms. The monoisotopic (exact) mass is 381 g/mol. The summed E-state index contributed by atoms with van der Waals surface area (Å²) in [7, 11) is 0. The van der Waals surface area contributed by atoms with E-state index in [1.54, 1.807) is 18.3 Å². The molecule has 0 aliphatic rings. The Labute approximate surface area is 158 Å². The first-order chi connectivity index (χ1) is 12.7. The first-order valence-corrected chi connectivity index (χ1v) is 9.80. The lowest BCUT2D eigenvalue weighted by atomic mass is 10.2. The van der Waals surface area contributed by atoms with Gasteiger partial charge in [0.05, 0.1) is 16.0 Å². The predicted molar refractivity (Wildman–Crippen MR) is 107 cm³/mol. The lowest BCUT2D eigenvalue weighted by molar-refractivity contribution is -0.118. The van der Waals surface area contributed by atoms with E-state index in [2.05, 4.69) is 15.5 Å². The van der Waals surface area contributed by atoms with Gasteiger partial charge >= 0.3 is 0 Å². The molecule has 0 aliphatic heterocycles. The number of carbonyl (C=O) groups is 1. The normalized spacial score (nSPS) is 12.0. The molecule has 0 saturated carbocycles. The molecule has 1 amide bonds. The summed E-state index contributed by atoms with van der Waals surface area (Å²) in [6.07, 6.45) is 0. The van der Waals surface area contributed by atoms with Crippen molar-refractivity contribution in [3.63, 3.8) is 0 Å². The Morgan fingerprint density at radius 2 is 2.04 bits per heavy atom. The van der Waals surface area contributed by atoms with E-state index >= 15 is 0 Å². The molecule has 0 aliphatic carbocycles. The number of benzene rings is 2. The third-order valence-corrected chi connectivity index (χ3v) is 5.91. The van der Waals surface area contributed by atoms with Gasteiger partial charge in [-0.15, -0.1) is 11.3 Å². The number of nitrogens with zero attached hydrogens (tertiary/aromatic N) is 2. The van der Waals surface area contributed by atoms with Gasteiger partial charge in [0.15, 0.2) is 10.1 Å². The Morgan fingerprint density at radius 1 is 1.23 bits per heavy atom. The molecule has 0 fully saturated rings. The van der Waals surface area contributed by atoms with Crippen LogP contribution in [0.1, 0.15) is 12.7 Å². The van der Waals surface area contributed by atoms with Crippen LogP contribution in [0.2, 0.25) is 0 Å². The molecule has 2 aromatic carbocycles. The Hall–Kier alpha value is -2.64. The van der Waals surface area contributed by atoms with E-state index in [1.165, 1.54) is 11.8 Å². The zero-order valence-corrected chi connectivity index (χ0v) is 15.6. The Kier molecular flexibility index (Phi) is 4.73. The number of amides is 1. The molecule has 0 atom stereocenters. The fourth-order valence-corrected chi connectivity index (χ4v) is 4.29. The summed E-state index contributed by atoms with van der Waals surface area (Å²) in [6, 6.07) is 17.6. The van der Waals surface area contributed by atoms with Crippen molar-refractivity contribution in [2.75, 3.05) is 5.75 Å². The predicted octanol–water partition coefficient (Wildman–Crippen LogP) is 4.68. The van der Waals surface area contributed by atoms with Crippen LogP contribution in [0.25, 0.3) is 21.2 Å². The topological polar surface area (TPSA) is 67.5 Å². The van der Waals surface area contributed by atoms with E-state index in [0.717, 1.165) is 25.5 Å². The highest BCUT2D eigenvalue weighted by molar-refractivity contribution is 8.01. The van der Waals surface area contributed by atoms with Crippen molar-refractivity contribution in [2.45, 2.75) is 11.3 Å². The molecule has 1 N–H and O–H groups in total. The quantitative estimate of drug-likeness (QED) is 0.310. The first-order valence-electron chi connectivity index (χ1n) is 7.99. The lowest BCUT2D eigenvalue weighted by Crippen LogP contribution is -2.21. The highest BCUT2D eigenvalue weighted by Gasteiger charge is 2.09. The maximum absolute atomic E-state index is 12.0. The molecule has 4 rings (SSSR count). The molecule has 5 nitrogen and oxygen atoms in total. The van der Waals surface area contributed by atoms with E-state index in [-0.39, 0.29) is 11.7 Å². The number of furan rings is 1. The van der Waals surface area contributed by atoms with Crippen molar-refractivity contribution < 1.29 is 9.21 Å². The number of hydrogen-bond donors (Lipinski definition) is 1. The number of aromatic nitrogens is 1. The standard InChI is InChI=1S/C19H15N3O2S2/c1-12(16-10-13-6-2-4-8-15(13)24-16)21-22-18(23)11-25-19-20-14-7-3-5-9-17(14)26-19/h2-10H,11H2,1H3,(H,22,23)/b21-12+. The van der Waals surface area contributed by atoms with Crippen LogP contribution in [-0.4, -0.2) is 22.4 Å². The van der Waals surface area contributed by atoms with Gasteiger partial charge in [0.2, 0.25) is 0 Å². The summed E-state index contributed by atoms with van der Waals surface area (Å²) < 4.78 is 7.72. The summed E-state index contributed by atoms with van der Waals surface area (Å²) >= 11 is 2.99. The number of para-hydroxylation sites is 2. The second kappa shape index (κ2) is 7.31. The Morgan fingerprint density at radius 3 is 2.88 bits per heavy atom. The van der Waals surface area contributed by atoms with Crippen molar-refractivity contribution in [3.8, 4) is 0 Å². The van der Waals surface area contributed by atoms with Crippen LogP contribution in [0, 0.1) is 0 Å². The highest BCUT2D eigenvalue weighted by Crippen LogP contribution is 2.29. The van der Waals surface area contributed by atoms with Gasteiger partial charge in [-0.2, -0.15) is 5.10 Å². The second-order valence-electron chi connectivity index (χ2n) is 5.62. The van der Waals surface area contributed by atoms with Crippen LogP contribution < -0.4 is 5.43 Å². The zero-order valence-electron chi connectivity index (χ0n) is 13.9. The van der Waals surface area contributed by atoms with Crippen molar-refractivity contribution in [2.24, 2.45) is 5.10 Å². The summed E-state index contributed by atoms with van der Waals surface area (Å²) in [5.74, 6) is 0.728. The SMILES string of the molecule is C/C(=N\NC(=O)CSc1nc2ccccc2s1)c1cc2ccccc2o1. The number of rotatable bonds is 5. The Balaban J connectivity index is 1.37. The van der Waals surface area contributed by atoms with E-state index < -0.39 is 0 Å². The molecule has 0 bridgehead atoms. The van der Waals surface area contributed by atoms with Crippen LogP contribution in [0.5, 0.6) is 0 Å². The number of thioether (sulfide) groups is 1. The van der Waals surface area contributed by atoms with Gasteiger partial charge in [0.1, 0.15) is 11.3 Å². The van der Waals surface area contributed by atoms with Crippen molar-refractivity contribution in [1.29, 1.82) is 0 Å². The number of carbonyl (C=O) groups excluding carboxylic acids is 1. The second-order valence-corrected chi connectivity index (χ2v) is 7.87. The number of thiazole rings is 1. The van der Waals surface area contributed by atoms with E-state index in [1.807, 2.05) is 54.6 Å². The number of nitrogens with one attached hydrogen (secondary N) is 1. The fourth-order valence-electron chi connectivity index (χ4n) is 2.43. The van der Waals surface area contributed by atoms with Crippen LogP contribution in [0.3, 0.4) is 0 Å². The molecule has 4 aromatic rings. The third kappa shape index (κ3) is 3.63. The first kappa shape index (κ1) is 16.8. The molecular weight excluding hydrogens is 366 g/mol. The van der Waals surface area contributed by atoms with E-state index in [0.29, 0.717) is 11.5 Å². The van der Waals surface area contributed by atoms with Gasteiger partial charge in [0.25, 0.3) is 5.91 Å². The largest absolute Gasteiger partial charge is 0.455 e. The summed E-state index contributed by atoms with van der Waals surface area (Å²) in [5.41, 5.74) is 4.96. The molecule has 7 heteroatoms. The zero-order chi connectivity index (χ0) is 17.9. The number of hydrazone groups is 1. The van der Waals surface area contributed by atoms with E-state index in [9.17, 15) is 4.79 Å². The van der Waals surface area contributed by atoms with Crippen LogP contribution >= 0.6 is 23.1 Å². The molecule has 0 saturated heterocycles. The third-order valence-electron chi connectivity index (χ3n) is 3.73. The average Bonchev–Trinajstić information content (AvgIpc) is 3.27. The average molecular weight is 381 g/mol.